The highest BCUT2D eigenvalue weighted by Gasteiger charge is 2.40. The zero-order valence-corrected chi connectivity index (χ0v) is 12.2. The van der Waals surface area contributed by atoms with Gasteiger partial charge in [-0.05, 0) is 24.1 Å². The number of aryl methyl sites for hydroxylation is 1. The number of rotatable bonds is 3. The Morgan fingerprint density at radius 2 is 1.74 bits per heavy atom. The second kappa shape index (κ2) is 5.29. The molecule has 0 saturated carbocycles. The topological polar surface area (TPSA) is 107 Å². The van der Waals surface area contributed by atoms with Crippen LogP contribution in [0.25, 0.3) is 0 Å². The van der Waals surface area contributed by atoms with Gasteiger partial charge < -0.3 is 5.73 Å². The molecule has 23 heavy (non-hydrogen) atoms. The highest BCUT2D eigenvalue weighted by atomic mass is 16.6. The number of nitrogens with zero attached hydrogens (tertiary/aromatic N) is 2. The predicted molar refractivity (Wildman–Crippen MR) is 81.7 cm³/mol. The van der Waals surface area contributed by atoms with E-state index in [2.05, 4.69) is 0 Å². The van der Waals surface area contributed by atoms with Crippen LogP contribution in [0, 0.1) is 17.0 Å². The van der Waals surface area contributed by atoms with Crippen molar-refractivity contribution in [1.29, 1.82) is 0 Å². The van der Waals surface area contributed by atoms with Gasteiger partial charge in [0.15, 0.2) is 0 Å². The molecular weight excluding hydrogens is 298 g/mol. The number of imide groups is 1. The summed E-state index contributed by atoms with van der Waals surface area (Å²) >= 11 is 0. The average molecular weight is 311 g/mol. The van der Waals surface area contributed by atoms with Gasteiger partial charge in [0.1, 0.15) is 6.17 Å². The minimum absolute atomic E-state index is 0.00762. The number of benzene rings is 2. The number of nitro benzene ring substituents is 1. The molecule has 2 aromatic carbocycles. The van der Waals surface area contributed by atoms with Gasteiger partial charge in [-0.2, -0.15) is 0 Å². The maximum atomic E-state index is 12.5. The Morgan fingerprint density at radius 1 is 1.09 bits per heavy atom. The highest BCUT2D eigenvalue weighted by Crippen LogP contribution is 2.31. The number of hydrogen-bond acceptors (Lipinski definition) is 5. The zero-order chi connectivity index (χ0) is 16.7. The van der Waals surface area contributed by atoms with Crippen LogP contribution in [-0.4, -0.2) is 21.6 Å². The number of amides is 2. The molecule has 2 N–H and O–H groups in total. The summed E-state index contributed by atoms with van der Waals surface area (Å²) in [6.07, 6.45) is -0.942. The molecular formula is C16H13N3O4. The van der Waals surface area contributed by atoms with Crippen molar-refractivity contribution in [1.82, 2.24) is 4.90 Å². The van der Waals surface area contributed by atoms with Crippen LogP contribution in [-0.2, 0) is 0 Å². The van der Waals surface area contributed by atoms with E-state index in [0.29, 0.717) is 5.56 Å². The third kappa shape index (κ3) is 2.27. The molecule has 0 fully saturated rings. The van der Waals surface area contributed by atoms with Gasteiger partial charge in [-0.15, -0.1) is 0 Å². The van der Waals surface area contributed by atoms with Crippen molar-refractivity contribution >= 4 is 17.5 Å². The predicted octanol–water partition coefficient (Wildman–Crippen LogP) is 2.16. The van der Waals surface area contributed by atoms with Gasteiger partial charge in [0.25, 0.3) is 17.5 Å². The first-order chi connectivity index (χ1) is 10.9. The van der Waals surface area contributed by atoms with Gasteiger partial charge in [-0.3, -0.25) is 24.6 Å². The van der Waals surface area contributed by atoms with E-state index in [9.17, 15) is 19.7 Å². The molecule has 116 valence electrons. The van der Waals surface area contributed by atoms with Gasteiger partial charge >= 0.3 is 0 Å². The first kappa shape index (κ1) is 14.9. The van der Waals surface area contributed by atoms with Crippen LogP contribution < -0.4 is 5.73 Å². The molecule has 1 heterocycles. The average Bonchev–Trinajstić information content (AvgIpc) is 2.78. The Morgan fingerprint density at radius 3 is 2.39 bits per heavy atom. The van der Waals surface area contributed by atoms with Crippen LogP contribution >= 0.6 is 0 Å². The maximum Gasteiger partial charge on any atom is 0.270 e. The van der Waals surface area contributed by atoms with Crippen molar-refractivity contribution in [2.24, 2.45) is 5.73 Å². The summed E-state index contributed by atoms with van der Waals surface area (Å²) < 4.78 is 0. The van der Waals surface area contributed by atoms with Crippen molar-refractivity contribution in [2.45, 2.75) is 13.1 Å². The molecule has 0 saturated heterocycles. The number of nitrogens with two attached hydrogens (primary N) is 1. The minimum Gasteiger partial charge on any atom is -0.307 e. The summed E-state index contributed by atoms with van der Waals surface area (Å²) in [5.41, 5.74) is 7.51. The van der Waals surface area contributed by atoms with Crippen molar-refractivity contribution in [3.05, 3.63) is 74.8 Å². The molecule has 0 spiro atoms. The van der Waals surface area contributed by atoms with E-state index >= 15 is 0 Å². The van der Waals surface area contributed by atoms with Crippen molar-refractivity contribution in [3.8, 4) is 0 Å². The molecule has 1 aliphatic heterocycles. The van der Waals surface area contributed by atoms with E-state index in [4.69, 9.17) is 5.73 Å². The summed E-state index contributed by atoms with van der Waals surface area (Å²) in [5.74, 6) is -1.17. The minimum atomic E-state index is -0.942. The van der Waals surface area contributed by atoms with Crippen molar-refractivity contribution in [2.75, 3.05) is 0 Å². The van der Waals surface area contributed by atoms with E-state index in [1.165, 1.54) is 12.1 Å². The SMILES string of the molecule is Cc1ccccc1C(N)N1C(=O)c2ccc([N+](=O)[O-])cc2C1=O. The van der Waals surface area contributed by atoms with E-state index in [1.54, 1.807) is 12.1 Å². The molecule has 0 aliphatic carbocycles. The van der Waals surface area contributed by atoms with Crippen LogP contribution in [0.1, 0.15) is 38.0 Å². The molecule has 2 amide bonds. The molecule has 0 bridgehead atoms. The zero-order valence-electron chi connectivity index (χ0n) is 12.2. The Balaban J connectivity index is 2.03. The lowest BCUT2D eigenvalue weighted by atomic mass is 10.1. The molecule has 3 rings (SSSR count). The number of carbonyl (C=O) groups is 2. The van der Waals surface area contributed by atoms with E-state index in [-0.39, 0.29) is 16.8 Å². The van der Waals surface area contributed by atoms with E-state index in [0.717, 1.165) is 16.5 Å². The number of non-ortho nitro benzene ring substituents is 1. The fourth-order valence-electron chi connectivity index (χ4n) is 2.67. The first-order valence-electron chi connectivity index (χ1n) is 6.89. The largest absolute Gasteiger partial charge is 0.307 e. The lowest BCUT2D eigenvalue weighted by Gasteiger charge is -2.23. The Hall–Kier alpha value is -3.06. The quantitative estimate of drug-likeness (QED) is 0.531. The summed E-state index contributed by atoms with van der Waals surface area (Å²) in [6, 6.07) is 10.8. The van der Waals surface area contributed by atoms with Gasteiger partial charge in [-0.1, -0.05) is 24.3 Å². The molecule has 0 radical (unpaired) electrons. The lowest BCUT2D eigenvalue weighted by molar-refractivity contribution is -0.384. The fourth-order valence-corrected chi connectivity index (χ4v) is 2.67. The van der Waals surface area contributed by atoms with E-state index in [1.807, 2.05) is 19.1 Å². The van der Waals surface area contributed by atoms with Crippen molar-refractivity contribution < 1.29 is 14.5 Å². The van der Waals surface area contributed by atoms with Crippen LogP contribution in [0.3, 0.4) is 0 Å². The lowest BCUT2D eigenvalue weighted by Crippen LogP contribution is -2.39. The molecule has 1 unspecified atom stereocenters. The van der Waals surface area contributed by atoms with Crippen LogP contribution in [0.2, 0.25) is 0 Å². The third-order valence-corrected chi connectivity index (χ3v) is 3.90. The number of carbonyl (C=O) groups excluding carboxylic acids is 2. The van der Waals surface area contributed by atoms with Gasteiger partial charge in [0.2, 0.25) is 0 Å². The molecule has 1 atom stereocenters. The van der Waals surface area contributed by atoms with Gasteiger partial charge in [0, 0.05) is 12.1 Å². The summed E-state index contributed by atoms with van der Waals surface area (Å²) in [5, 5.41) is 10.8. The Kier molecular flexibility index (Phi) is 3.42. The molecule has 1 aliphatic rings. The fraction of sp³-hybridized carbons (Fsp3) is 0.125. The smallest absolute Gasteiger partial charge is 0.270 e. The number of fused-ring (bicyclic) bond motifs is 1. The molecule has 7 heteroatoms. The van der Waals surface area contributed by atoms with Gasteiger partial charge in [-0.25, -0.2) is 0 Å². The normalized spacial score (nSPS) is 14.8. The molecule has 7 nitrogen and oxygen atoms in total. The third-order valence-electron chi connectivity index (χ3n) is 3.90. The second-order valence-corrected chi connectivity index (χ2v) is 5.27. The van der Waals surface area contributed by atoms with Crippen LogP contribution in [0.5, 0.6) is 0 Å². The summed E-state index contributed by atoms with van der Waals surface area (Å²) in [7, 11) is 0. The monoisotopic (exact) mass is 311 g/mol. The van der Waals surface area contributed by atoms with Crippen LogP contribution in [0.15, 0.2) is 42.5 Å². The summed E-state index contributed by atoms with van der Waals surface area (Å²) in [4.78, 5) is 36.2. The number of nitro groups is 1. The van der Waals surface area contributed by atoms with Crippen LogP contribution in [0.4, 0.5) is 5.69 Å². The Labute approximate surface area is 131 Å². The maximum absolute atomic E-state index is 12.5. The molecule has 2 aromatic rings. The Bertz CT molecular complexity index is 847. The van der Waals surface area contributed by atoms with Gasteiger partial charge in [0.05, 0.1) is 16.1 Å². The standard InChI is InChI=1S/C16H13N3O4/c1-9-4-2-3-5-11(9)14(17)18-15(20)12-7-6-10(19(22)23)8-13(12)16(18)21/h2-8,14H,17H2,1H3. The first-order valence-corrected chi connectivity index (χ1v) is 6.89. The van der Waals surface area contributed by atoms with E-state index < -0.39 is 22.9 Å². The number of hydrogen-bond donors (Lipinski definition) is 1. The summed E-state index contributed by atoms with van der Waals surface area (Å²) in [6.45, 7) is 1.83. The van der Waals surface area contributed by atoms with Crippen molar-refractivity contribution in [3.63, 3.8) is 0 Å². The molecule has 0 aromatic heterocycles. The second-order valence-electron chi connectivity index (χ2n) is 5.27. The highest BCUT2D eigenvalue weighted by molar-refractivity contribution is 6.21.